The normalized spacial score (nSPS) is 21.6. The van der Waals surface area contributed by atoms with E-state index in [1.807, 2.05) is 30.6 Å². The van der Waals surface area contributed by atoms with Crippen LogP contribution in [-0.4, -0.2) is 27.0 Å². The average molecular weight is 258 g/mol. The van der Waals surface area contributed by atoms with E-state index in [1.165, 1.54) is 5.56 Å². The second kappa shape index (κ2) is 4.64. The quantitative estimate of drug-likeness (QED) is 0.907. The van der Waals surface area contributed by atoms with Crippen LogP contribution < -0.4 is 5.32 Å². The summed E-state index contributed by atoms with van der Waals surface area (Å²) in [5, 5.41) is 7.30. The van der Waals surface area contributed by atoms with Gasteiger partial charge >= 0.3 is 0 Å². The third kappa shape index (κ3) is 2.32. The minimum Gasteiger partial charge on any atom is -0.356 e. The number of amides is 1. The molecular formula is C14H18N4O. The Morgan fingerprint density at radius 2 is 2.42 bits per heavy atom. The van der Waals surface area contributed by atoms with E-state index in [2.05, 4.69) is 21.5 Å². The molecule has 100 valence electrons. The van der Waals surface area contributed by atoms with Crippen molar-refractivity contribution in [2.75, 3.05) is 6.54 Å². The van der Waals surface area contributed by atoms with Gasteiger partial charge in [-0.25, -0.2) is 9.50 Å². The van der Waals surface area contributed by atoms with Crippen LogP contribution in [0.3, 0.4) is 0 Å². The lowest BCUT2D eigenvalue weighted by molar-refractivity contribution is -0.120. The molecule has 0 aliphatic heterocycles. The lowest BCUT2D eigenvalue weighted by Gasteiger charge is -2.04. The maximum absolute atomic E-state index is 11.3. The molecule has 1 N–H and O–H groups in total. The first-order valence-corrected chi connectivity index (χ1v) is 6.77. The van der Waals surface area contributed by atoms with Crippen LogP contribution in [0.25, 0.3) is 5.65 Å². The number of fused-ring (bicyclic) bond motifs is 1. The van der Waals surface area contributed by atoms with Gasteiger partial charge in [-0.05, 0) is 31.2 Å². The van der Waals surface area contributed by atoms with Gasteiger partial charge in [0.15, 0.2) is 5.65 Å². The summed E-state index contributed by atoms with van der Waals surface area (Å²) < 4.78 is 1.84. The van der Waals surface area contributed by atoms with Gasteiger partial charge in [-0.3, -0.25) is 4.79 Å². The molecular weight excluding hydrogens is 240 g/mol. The van der Waals surface area contributed by atoms with E-state index < -0.39 is 0 Å². The van der Waals surface area contributed by atoms with Crippen LogP contribution in [0.2, 0.25) is 0 Å². The lowest BCUT2D eigenvalue weighted by Crippen LogP contribution is -2.24. The third-order valence-electron chi connectivity index (χ3n) is 3.70. The van der Waals surface area contributed by atoms with Crippen LogP contribution in [-0.2, 0) is 4.79 Å². The molecule has 0 saturated heterocycles. The van der Waals surface area contributed by atoms with E-state index in [-0.39, 0.29) is 5.91 Å². The molecule has 5 heteroatoms. The Labute approximate surface area is 112 Å². The molecule has 1 aliphatic rings. The monoisotopic (exact) mass is 258 g/mol. The number of aromatic nitrogens is 3. The van der Waals surface area contributed by atoms with E-state index in [9.17, 15) is 4.79 Å². The number of carbonyl (C=O) groups is 1. The van der Waals surface area contributed by atoms with Crippen molar-refractivity contribution in [3.05, 3.63) is 29.7 Å². The van der Waals surface area contributed by atoms with Crippen LogP contribution in [0, 0.1) is 12.8 Å². The van der Waals surface area contributed by atoms with Crippen LogP contribution in [0.5, 0.6) is 0 Å². The molecule has 0 radical (unpaired) electrons. The largest absolute Gasteiger partial charge is 0.356 e. The van der Waals surface area contributed by atoms with E-state index in [4.69, 9.17) is 0 Å². The highest BCUT2D eigenvalue weighted by molar-refractivity contribution is 5.75. The summed E-state index contributed by atoms with van der Waals surface area (Å²) in [5.41, 5.74) is 2.20. The Morgan fingerprint density at radius 3 is 3.21 bits per heavy atom. The Balaban J connectivity index is 1.74. The maximum Gasteiger partial charge on any atom is 0.219 e. The van der Waals surface area contributed by atoms with Gasteiger partial charge in [0.25, 0.3) is 0 Å². The van der Waals surface area contributed by atoms with Gasteiger partial charge in [-0.1, -0.05) is 13.0 Å². The third-order valence-corrected chi connectivity index (χ3v) is 3.70. The number of nitrogens with one attached hydrogen (secondary N) is 1. The molecule has 0 aromatic carbocycles. The summed E-state index contributed by atoms with van der Waals surface area (Å²) >= 11 is 0. The first kappa shape index (κ1) is 12.1. The van der Waals surface area contributed by atoms with Crippen LogP contribution in [0.15, 0.2) is 18.3 Å². The summed E-state index contributed by atoms with van der Waals surface area (Å²) in [6, 6.07) is 4.13. The average Bonchev–Trinajstić information content (AvgIpc) is 3.07. The van der Waals surface area contributed by atoms with Gasteiger partial charge in [0.2, 0.25) is 5.91 Å². The van der Waals surface area contributed by atoms with Gasteiger partial charge in [-0.2, -0.15) is 5.10 Å². The van der Waals surface area contributed by atoms with Crippen molar-refractivity contribution in [1.29, 1.82) is 0 Å². The fraction of sp³-hybridized carbons (Fsp3) is 0.500. The highest BCUT2D eigenvalue weighted by atomic mass is 16.1. The van der Waals surface area contributed by atoms with Gasteiger partial charge in [0.05, 0.1) is 0 Å². The van der Waals surface area contributed by atoms with Crippen LogP contribution >= 0.6 is 0 Å². The second-order valence-electron chi connectivity index (χ2n) is 5.15. The number of hydrogen-bond acceptors (Lipinski definition) is 3. The smallest absolute Gasteiger partial charge is 0.219 e. The van der Waals surface area contributed by atoms with E-state index in [0.29, 0.717) is 18.3 Å². The molecule has 2 unspecified atom stereocenters. The molecule has 1 aliphatic carbocycles. The standard InChI is InChI=1S/C14H18N4O/c1-3-13(19)15-8-10-7-12(10)11-5-4-6-18-14(11)16-9(2)17-18/h4-6,10,12H,3,7-8H2,1-2H3,(H,15,19). The van der Waals surface area contributed by atoms with E-state index in [1.54, 1.807) is 0 Å². The number of pyridine rings is 1. The summed E-state index contributed by atoms with van der Waals surface area (Å²) in [4.78, 5) is 15.8. The van der Waals surface area contributed by atoms with Crippen molar-refractivity contribution < 1.29 is 4.79 Å². The van der Waals surface area contributed by atoms with Crippen molar-refractivity contribution in [2.24, 2.45) is 5.92 Å². The summed E-state index contributed by atoms with van der Waals surface area (Å²) in [5.74, 6) is 1.97. The predicted molar refractivity (Wildman–Crippen MR) is 71.9 cm³/mol. The van der Waals surface area contributed by atoms with Crippen molar-refractivity contribution in [3.63, 3.8) is 0 Å². The first-order chi connectivity index (χ1) is 9.19. The fourth-order valence-electron chi connectivity index (χ4n) is 2.55. The fourth-order valence-corrected chi connectivity index (χ4v) is 2.55. The molecule has 19 heavy (non-hydrogen) atoms. The molecule has 1 saturated carbocycles. The molecule has 0 bridgehead atoms. The van der Waals surface area contributed by atoms with Gasteiger partial charge < -0.3 is 5.32 Å². The van der Waals surface area contributed by atoms with Gasteiger partial charge in [-0.15, -0.1) is 0 Å². The first-order valence-electron chi connectivity index (χ1n) is 6.77. The zero-order valence-electron chi connectivity index (χ0n) is 11.3. The van der Waals surface area contributed by atoms with Gasteiger partial charge in [0.1, 0.15) is 5.82 Å². The Kier molecular flexibility index (Phi) is 2.97. The second-order valence-corrected chi connectivity index (χ2v) is 5.15. The minimum absolute atomic E-state index is 0.127. The lowest BCUT2D eigenvalue weighted by atomic mass is 10.1. The topological polar surface area (TPSA) is 59.3 Å². The highest BCUT2D eigenvalue weighted by Gasteiger charge is 2.39. The number of rotatable bonds is 4. The van der Waals surface area contributed by atoms with Crippen molar-refractivity contribution in [1.82, 2.24) is 19.9 Å². The zero-order valence-corrected chi connectivity index (χ0v) is 11.3. The summed E-state index contributed by atoms with van der Waals surface area (Å²) in [6.07, 6.45) is 3.60. The van der Waals surface area contributed by atoms with Crippen molar-refractivity contribution in [3.8, 4) is 0 Å². The number of hydrogen-bond donors (Lipinski definition) is 1. The molecule has 2 aromatic rings. The summed E-state index contributed by atoms with van der Waals surface area (Å²) in [6.45, 7) is 4.55. The van der Waals surface area contributed by atoms with Crippen molar-refractivity contribution >= 4 is 11.6 Å². The zero-order chi connectivity index (χ0) is 13.4. The summed E-state index contributed by atoms with van der Waals surface area (Å²) in [7, 11) is 0. The maximum atomic E-state index is 11.3. The van der Waals surface area contributed by atoms with Crippen LogP contribution in [0.1, 0.15) is 37.1 Å². The number of nitrogens with zero attached hydrogens (tertiary/aromatic N) is 3. The highest BCUT2D eigenvalue weighted by Crippen LogP contribution is 2.47. The number of carbonyl (C=O) groups excluding carboxylic acids is 1. The molecule has 1 amide bonds. The van der Waals surface area contributed by atoms with Crippen LogP contribution in [0.4, 0.5) is 0 Å². The minimum atomic E-state index is 0.127. The SMILES string of the molecule is CCC(=O)NCC1CC1c1cccn2nc(C)nc12. The molecule has 0 spiro atoms. The predicted octanol–water partition coefficient (Wildman–Crippen LogP) is 1.67. The Morgan fingerprint density at radius 1 is 1.58 bits per heavy atom. The van der Waals surface area contributed by atoms with E-state index >= 15 is 0 Å². The molecule has 3 rings (SSSR count). The molecule has 2 atom stereocenters. The van der Waals surface area contributed by atoms with Crippen molar-refractivity contribution in [2.45, 2.75) is 32.6 Å². The molecule has 5 nitrogen and oxygen atoms in total. The van der Waals surface area contributed by atoms with E-state index in [0.717, 1.165) is 24.4 Å². The molecule has 2 aromatic heterocycles. The Bertz CT molecular complexity index is 619. The molecule has 1 fully saturated rings. The van der Waals surface area contributed by atoms with Gasteiger partial charge in [0, 0.05) is 24.7 Å². The Hall–Kier alpha value is -1.91. The number of aryl methyl sites for hydroxylation is 1. The molecule has 2 heterocycles.